The van der Waals surface area contributed by atoms with Gasteiger partial charge in [0.25, 0.3) is 0 Å². The molecular weight excluding hydrogens is 222 g/mol. The highest BCUT2D eigenvalue weighted by Crippen LogP contribution is 2.37. The van der Waals surface area contributed by atoms with Gasteiger partial charge < -0.3 is 4.98 Å². The number of benzene rings is 1. The Labute approximate surface area is 108 Å². The Morgan fingerprint density at radius 2 is 2.22 bits per heavy atom. The lowest BCUT2D eigenvalue weighted by Crippen LogP contribution is -2.39. The molecule has 3 heteroatoms. The smallest absolute Gasteiger partial charge is 0.127 e. The number of hydrogen-bond acceptors (Lipinski definition) is 2. The SMILES string of the molecule is CCCN1CCCC1(C)c1nc2ccccc2[nH]1. The van der Waals surface area contributed by atoms with Crippen molar-refractivity contribution in [3.8, 4) is 0 Å². The average molecular weight is 243 g/mol. The standard InChI is InChI=1S/C15H21N3/c1-3-10-18-11-6-9-15(18,2)14-16-12-7-4-5-8-13(12)17-14/h4-5,7-8H,3,6,9-11H2,1-2H3,(H,16,17). The summed E-state index contributed by atoms with van der Waals surface area (Å²) in [5.41, 5.74) is 2.32. The summed E-state index contributed by atoms with van der Waals surface area (Å²) in [4.78, 5) is 10.9. The van der Waals surface area contributed by atoms with Gasteiger partial charge >= 0.3 is 0 Å². The van der Waals surface area contributed by atoms with Crippen LogP contribution in [0.1, 0.15) is 38.9 Å². The number of aromatic amines is 1. The van der Waals surface area contributed by atoms with E-state index in [-0.39, 0.29) is 5.54 Å². The van der Waals surface area contributed by atoms with Crippen molar-refractivity contribution in [1.29, 1.82) is 0 Å². The molecule has 1 atom stereocenters. The van der Waals surface area contributed by atoms with Crippen molar-refractivity contribution in [3.05, 3.63) is 30.1 Å². The second kappa shape index (κ2) is 4.39. The van der Waals surface area contributed by atoms with Gasteiger partial charge in [-0.2, -0.15) is 0 Å². The molecule has 1 fully saturated rings. The number of hydrogen-bond donors (Lipinski definition) is 1. The van der Waals surface area contributed by atoms with Crippen LogP contribution >= 0.6 is 0 Å². The number of rotatable bonds is 3. The molecule has 1 aliphatic heterocycles. The molecule has 1 saturated heterocycles. The zero-order chi connectivity index (χ0) is 12.6. The van der Waals surface area contributed by atoms with Crippen molar-refractivity contribution < 1.29 is 0 Å². The molecule has 0 saturated carbocycles. The second-order valence-corrected chi connectivity index (χ2v) is 5.47. The van der Waals surface area contributed by atoms with Gasteiger partial charge in [0.15, 0.2) is 0 Å². The van der Waals surface area contributed by atoms with Crippen LogP contribution in [-0.2, 0) is 5.54 Å². The minimum atomic E-state index is 0.0923. The van der Waals surface area contributed by atoms with Crippen molar-refractivity contribution in [2.75, 3.05) is 13.1 Å². The van der Waals surface area contributed by atoms with Crippen LogP contribution in [0.3, 0.4) is 0 Å². The summed E-state index contributed by atoms with van der Waals surface area (Å²) in [5, 5.41) is 0. The van der Waals surface area contributed by atoms with E-state index in [1.165, 1.54) is 25.8 Å². The molecular formula is C15H21N3. The van der Waals surface area contributed by atoms with Crippen LogP contribution in [-0.4, -0.2) is 28.0 Å². The first-order valence-corrected chi connectivity index (χ1v) is 6.94. The lowest BCUT2D eigenvalue weighted by atomic mass is 9.98. The van der Waals surface area contributed by atoms with Crippen LogP contribution in [0.15, 0.2) is 24.3 Å². The molecule has 0 amide bonds. The van der Waals surface area contributed by atoms with E-state index in [0.717, 1.165) is 23.4 Å². The highest BCUT2D eigenvalue weighted by Gasteiger charge is 2.39. The minimum Gasteiger partial charge on any atom is -0.340 e. The van der Waals surface area contributed by atoms with E-state index in [1.807, 2.05) is 6.07 Å². The first kappa shape index (κ1) is 11.7. The minimum absolute atomic E-state index is 0.0923. The molecule has 0 radical (unpaired) electrons. The van der Waals surface area contributed by atoms with Gasteiger partial charge in [-0.25, -0.2) is 4.98 Å². The Morgan fingerprint density at radius 1 is 1.39 bits per heavy atom. The van der Waals surface area contributed by atoms with Crippen molar-refractivity contribution in [3.63, 3.8) is 0 Å². The molecule has 18 heavy (non-hydrogen) atoms. The van der Waals surface area contributed by atoms with Crippen molar-refractivity contribution in [2.45, 2.75) is 38.6 Å². The van der Waals surface area contributed by atoms with Crippen LogP contribution in [0.5, 0.6) is 0 Å². The van der Waals surface area contributed by atoms with E-state index in [9.17, 15) is 0 Å². The molecule has 1 aliphatic rings. The molecule has 1 unspecified atom stereocenters. The first-order valence-electron chi connectivity index (χ1n) is 6.94. The number of fused-ring (bicyclic) bond motifs is 1. The molecule has 0 aliphatic carbocycles. The third-order valence-electron chi connectivity index (χ3n) is 4.18. The summed E-state index contributed by atoms with van der Waals surface area (Å²) in [6, 6.07) is 8.30. The Kier molecular flexibility index (Phi) is 2.86. The van der Waals surface area contributed by atoms with Crippen LogP contribution < -0.4 is 0 Å². The Balaban J connectivity index is 2.01. The van der Waals surface area contributed by atoms with E-state index >= 15 is 0 Å². The fourth-order valence-corrected chi connectivity index (χ4v) is 3.12. The number of para-hydroxylation sites is 2. The van der Waals surface area contributed by atoms with E-state index in [1.54, 1.807) is 0 Å². The summed E-state index contributed by atoms with van der Waals surface area (Å²) in [7, 11) is 0. The third-order valence-corrected chi connectivity index (χ3v) is 4.18. The Bertz CT molecular complexity index is 512. The lowest BCUT2D eigenvalue weighted by molar-refractivity contribution is 0.148. The van der Waals surface area contributed by atoms with Gasteiger partial charge in [-0.05, 0) is 51.4 Å². The maximum absolute atomic E-state index is 4.80. The molecule has 3 rings (SSSR count). The second-order valence-electron chi connectivity index (χ2n) is 5.47. The van der Waals surface area contributed by atoms with E-state index < -0.39 is 0 Å². The van der Waals surface area contributed by atoms with Crippen LogP contribution in [0.25, 0.3) is 11.0 Å². The summed E-state index contributed by atoms with van der Waals surface area (Å²) < 4.78 is 0. The zero-order valence-electron chi connectivity index (χ0n) is 11.2. The number of H-pyrrole nitrogens is 1. The Hall–Kier alpha value is -1.35. The van der Waals surface area contributed by atoms with Gasteiger partial charge in [-0.3, -0.25) is 4.90 Å². The summed E-state index contributed by atoms with van der Waals surface area (Å²) >= 11 is 0. The van der Waals surface area contributed by atoms with E-state index in [4.69, 9.17) is 4.98 Å². The molecule has 1 N–H and O–H groups in total. The highest BCUT2D eigenvalue weighted by atomic mass is 15.2. The topological polar surface area (TPSA) is 31.9 Å². The quantitative estimate of drug-likeness (QED) is 0.897. The molecule has 0 bridgehead atoms. The fourth-order valence-electron chi connectivity index (χ4n) is 3.12. The summed E-state index contributed by atoms with van der Waals surface area (Å²) in [5.74, 6) is 1.13. The molecule has 1 aromatic carbocycles. The molecule has 2 aromatic rings. The predicted octanol–water partition coefficient (Wildman–Crippen LogP) is 3.28. The maximum Gasteiger partial charge on any atom is 0.127 e. The first-order chi connectivity index (χ1) is 8.74. The van der Waals surface area contributed by atoms with Gasteiger partial charge in [0.05, 0.1) is 16.6 Å². The Morgan fingerprint density at radius 3 is 3.00 bits per heavy atom. The van der Waals surface area contributed by atoms with Crippen LogP contribution in [0.2, 0.25) is 0 Å². The average Bonchev–Trinajstić information content (AvgIpc) is 2.95. The van der Waals surface area contributed by atoms with Crippen LogP contribution in [0.4, 0.5) is 0 Å². The number of imidazole rings is 1. The molecule has 96 valence electrons. The molecule has 1 aromatic heterocycles. The van der Waals surface area contributed by atoms with Crippen molar-refractivity contribution in [1.82, 2.24) is 14.9 Å². The van der Waals surface area contributed by atoms with Crippen LogP contribution in [0, 0.1) is 0 Å². The molecule has 2 heterocycles. The third kappa shape index (κ3) is 1.74. The summed E-state index contributed by atoms with van der Waals surface area (Å²) in [6.07, 6.45) is 3.68. The van der Waals surface area contributed by atoms with Gasteiger partial charge in [0.1, 0.15) is 5.82 Å². The number of nitrogens with zero attached hydrogens (tertiary/aromatic N) is 2. The molecule has 3 nitrogen and oxygen atoms in total. The molecule has 0 spiro atoms. The fraction of sp³-hybridized carbons (Fsp3) is 0.533. The van der Waals surface area contributed by atoms with Crippen molar-refractivity contribution in [2.24, 2.45) is 0 Å². The highest BCUT2D eigenvalue weighted by molar-refractivity contribution is 5.74. The number of aromatic nitrogens is 2. The zero-order valence-corrected chi connectivity index (χ0v) is 11.2. The largest absolute Gasteiger partial charge is 0.340 e. The van der Waals surface area contributed by atoms with E-state index in [0.29, 0.717) is 0 Å². The van der Waals surface area contributed by atoms with E-state index in [2.05, 4.69) is 41.9 Å². The monoisotopic (exact) mass is 243 g/mol. The maximum atomic E-state index is 4.80. The van der Waals surface area contributed by atoms with Gasteiger partial charge in [0, 0.05) is 0 Å². The number of likely N-dealkylation sites (tertiary alicyclic amines) is 1. The van der Waals surface area contributed by atoms with Gasteiger partial charge in [-0.1, -0.05) is 19.1 Å². The van der Waals surface area contributed by atoms with Gasteiger partial charge in [0.2, 0.25) is 0 Å². The summed E-state index contributed by atoms with van der Waals surface area (Å²) in [6.45, 7) is 6.93. The number of nitrogens with one attached hydrogen (secondary N) is 1. The lowest BCUT2D eigenvalue weighted by Gasteiger charge is -2.33. The predicted molar refractivity (Wildman–Crippen MR) is 74.5 cm³/mol. The van der Waals surface area contributed by atoms with Crippen molar-refractivity contribution >= 4 is 11.0 Å². The van der Waals surface area contributed by atoms with Gasteiger partial charge in [-0.15, -0.1) is 0 Å². The normalized spacial score (nSPS) is 25.0.